The lowest BCUT2D eigenvalue weighted by atomic mass is 9.75. The lowest BCUT2D eigenvalue weighted by molar-refractivity contribution is 0.0909. The van der Waals surface area contributed by atoms with Gasteiger partial charge in [-0.2, -0.15) is 0 Å². The van der Waals surface area contributed by atoms with Crippen molar-refractivity contribution in [1.82, 2.24) is 5.32 Å². The molecule has 1 aromatic carbocycles. The van der Waals surface area contributed by atoms with Crippen molar-refractivity contribution >= 4 is 5.91 Å². The third kappa shape index (κ3) is 4.07. The second kappa shape index (κ2) is 6.40. The molecular weight excluding hydrogens is 248 g/mol. The largest absolute Gasteiger partial charge is 0.349 e. The number of rotatable bonds is 4. The molecule has 0 saturated heterocycles. The molecule has 1 fully saturated rings. The molecule has 20 heavy (non-hydrogen) atoms. The smallest absolute Gasteiger partial charge is 0.251 e. The molecule has 0 radical (unpaired) electrons. The highest BCUT2D eigenvalue weighted by Gasteiger charge is 2.27. The molecule has 0 aromatic heterocycles. The number of hydrogen-bond donors (Lipinski definition) is 2. The number of benzene rings is 1. The monoisotopic (exact) mass is 274 g/mol. The van der Waals surface area contributed by atoms with Gasteiger partial charge in [0.05, 0.1) is 0 Å². The van der Waals surface area contributed by atoms with Crippen molar-refractivity contribution in [3.63, 3.8) is 0 Å². The van der Waals surface area contributed by atoms with Crippen molar-refractivity contribution in [2.45, 2.75) is 52.0 Å². The van der Waals surface area contributed by atoms with Gasteiger partial charge in [-0.1, -0.05) is 26.0 Å². The van der Waals surface area contributed by atoms with E-state index < -0.39 is 0 Å². The average Bonchev–Trinajstić information content (AvgIpc) is 2.42. The highest BCUT2D eigenvalue weighted by molar-refractivity contribution is 5.94. The molecule has 1 aromatic rings. The Hall–Kier alpha value is -1.35. The molecule has 0 atom stereocenters. The summed E-state index contributed by atoms with van der Waals surface area (Å²) in [5, 5.41) is 3.17. The average molecular weight is 274 g/mol. The van der Waals surface area contributed by atoms with Crippen molar-refractivity contribution in [2.24, 2.45) is 11.1 Å². The SMILES string of the molecule is CC1(C)CCC(NC(=O)c2cccc(CCN)c2)CC1. The summed E-state index contributed by atoms with van der Waals surface area (Å²) in [5.41, 5.74) is 7.87. The van der Waals surface area contributed by atoms with E-state index in [-0.39, 0.29) is 5.91 Å². The maximum atomic E-state index is 12.3. The summed E-state index contributed by atoms with van der Waals surface area (Å²) in [6, 6.07) is 8.11. The quantitative estimate of drug-likeness (QED) is 0.887. The molecule has 0 heterocycles. The molecule has 1 aliphatic carbocycles. The molecular formula is C17H26N2O. The Balaban J connectivity index is 1.93. The fourth-order valence-electron chi connectivity index (χ4n) is 2.85. The molecule has 3 nitrogen and oxygen atoms in total. The van der Waals surface area contributed by atoms with Crippen LogP contribution in [0.5, 0.6) is 0 Å². The summed E-state index contributed by atoms with van der Waals surface area (Å²) in [7, 11) is 0. The van der Waals surface area contributed by atoms with Crippen LogP contribution in [0.1, 0.15) is 55.5 Å². The molecule has 0 unspecified atom stereocenters. The van der Waals surface area contributed by atoms with Gasteiger partial charge >= 0.3 is 0 Å². The van der Waals surface area contributed by atoms with E-state index in [1.165, 1.54) is 12.8 Å². The number of amides is 1. The summed E-state index contributed by atoms with van der Waals surface area (Å²) >= 11 is 0. The highest BCUT2D eigenvalue weighted by Crippen LogP contribution is 2.35. The minimum absolute atomic E-state index is 0.0496. The summed E-state index contributed by atoms with van der Waals surface area (Å²) in [6.07, 6.45) is 5.36. The van der Waals surface area contributed by atoms with E-state index in [4.69, 9.17) is 5.73 Å². The van der Waals surface area contributed by atoms with Gasteiger partial charge in [-0.05, 0) is 61.8 Å². The van der Waals surface area contributed by atoms with Crippen LogP contribution >= 0.6 is 0 Å². The first-order valence-corrected chi connectivity index (χ1v) is 7.60. The Morgan fingerprint density at radius 1 is 1.35 bits per heavy atom. The number of carbonyl (C=O) groups excluding carboxylic acids is 1. The molecule has 2 rings (SSSR count). The van der Waals surface area contributed by atoms with E-state index in [0.29, 0.717) is 18.0 Å². The van der Waals surface area contributed by atoms with E-state index in [0.717, 1.165) is 30.4 Å². The normalized spacial score (nSPS) is 18.8. The highest BCUT2D eigenvalue weighted by atomic mass is 16.1. The maximum absolute atomic E-state index is 12.3. The number of hydrogen-bond acceptors (Lipinski definition) is 2. The zero-order valence-corrected chi connectivity index (χ0v) is 12.6. The van der Waals surface area contributed by atoms with Crippen LogP contribution in [-0.2, 0) is 6.42 Å². The fourth-order valence-corrected chi connectivity index (χ4v) is 2.85. The molecule has 1 aliphatic rings. The van der Waals surface area contributed by atoms with Crippen molar-refractivity contribution in [3.05, 3.63) is 35.4 Å². The number of nitrogens with one attached hydrogen (secondary N) is 1. The molecule has 3 heteroatoms. The fraction of sp³-hybridized carbons (Fsp3) is 0.588. The lowest BCUT2D eigenvalue weighted by Crippen LogP contribution is -2.39. The van der Waals surface area contributed by atoms with Crippen LogP contribution in [0.2, 0.25) is 0 Å². The molecule has 0 bridgehead atoms. The van der Waals surface area contributed by atoms with Gasteiger partial charge in [0.1, 0.15) is 0 Å². The minimum Gasteiger partial charge on any atom is -0.349 e. The van der Waals surface area contributed by atoms with Gasteiger partial charge in [-0.15, -0.1) is 0 Å². The predicted octanol–water partition coefficient (Wildman–Crippen LogP) is 2.89. The van der Waals surface area contributed by atoms with E-state index in [9.17, 15) is 4.79 Å². The standard InChI is InChI=1S/C17H26N2O/c1-17(2)9-6-15(7-10-17)19-16(20)14-5-3-4-13(12-14)8-11-18/h3-5,12,15H,6-11,18H2,1-2H3,(H,19,20). The van der Waals surface area contributed by atoms with Crippen LogP contribution in [0, 0.1) is 5.41 Å². The first kappa shape index (κ1) is 15.0. The van der Waals surface area contributed by atoms with Crippen molar-refractivity contribution in [2.75, 3.05) is 6.54 Å². The van der Waals surface area contributed by atoms with Gasteiger partial charge in [0, 0.05) is 11.6 Å². The first-order valence-electron chi connectivity index (χ1n) is 7.60. The lowest BCUT2D eigenvalue weighted by Gasteiger charge is -2.34. The van der Waals surface area contributed by atoms with Crippen LogP contribution in [-0.4, -0.2) is 18.5 Å². The summed E-state index contributed by atoms with van der Waals surface area (Å²) in [4.78, 5) is 12.3. The maximum Gasteiger partial charge on any atom is 0.251 e. The zero-order chi connectivity index (χ0) is 14.6. The van der Waals surface area contributed by atoms with E-state index >= 15 is 0 Å². The van der Waals surface area contributed by atoms with Crippen molar-refractivity contribution in [1.29, 1.82) is 0 Å². The third-order valence-electron chi connectivity index (χ3n) is 4.30. The Morgan fingerprint density at radius 2 is 2.05 bits per heavy atom. The van der Waals surface area contributed by atoms with Crippen LogP contribution in [0.25, 0.3) is 0 Å². The summed E-state index contributed by atoms with van der Waals surface area (Å²) < 4.78 is 0. The first-order chi connectivity index (χ1) is 9.50. The van der Waals surface area contributed by atoms with Gasteiger partial charge in [0.15, 0.2) is 0 Å². The Labute approximate surface area is 121 Å². The van der Waals surface area contributed by atoms with Gasteiger partial charge in [0.2, 0.25) is 0 Å². The van der Waals surface area contributed by atoms with Gasteiger partial charge in [-0.25, -0.2) is 0 Å². The second-order valence-corrected chi connectivity index (χ2v) is 6.65. The van der Waals surface area contributed by atoms with Crippen molar-refractivity contribution < 1.29 is 4.79 Å². The Bertz CT molecular complexity index is 458. The number of carbonyl (C=O) groups is 1. The van der Waals surface area contributed by atoms with Crippen LogP contribution in [0.15, 0.2) is 24.3 Å². The minimum atomic E-state index is 0.0496. The van der Waals surface area contributed by atoms with Gasteiger partial charge in [0.25, 0.3) is 5.91 Å². The second-order valence-electron chi connectivity index (χ2n) is 6.65. The van der Waals surface area contributed by atoms with Crippen LogP contribution in [0.4, 0.5) is 0 Å². The molecule has 0 spiro atoms. The summed E-state index contributed by atoms with van der Waals surface area (Å²) in [5.74, 6) is 0.0496. The van der Waals surface area contributed by atoms with Crippen molar-refractivity contribution in [3.8, 4) is 0 Å². The Morgan fingerprint density at radius 3 is 2.70 bits per heavy atom. The zero-order valence-electron chi connectivity index (χ0n) is 12.6. The molecule has 1 saturated carbocycles. The topological polar surface area (TPSA) is 55.1 Å². The molecule has 1 amide bonds. The van der Waals surface area contributed by atoms with E-state index in [1.807, 2.05) is 24.3 Å². The van der Waals surface area contributed by atoms with E-state index in [2.05, 4.69) is 19.2 Å². The molecule has 0 aliphatic heterocycles. The predicted molar refractivity (Wildman–Crippen MR) is 82.7 cm³/mol. The van der Waals surface area contributed by atoms with Crippen LogP contribution in [0.3, 0.4) is 0 Å². The van der Waals surface area contributed by atoms with E-state index in [1.54, 1.807) is 0 Å². The molecule has 110 valence electrons. The molecule has 3 N–H and O–H groups in total. The number of nitrogens with two attached hydrogens (primary N) is 1. The van der Waals surface area contributed by atoms with Gasteiger partial charge < -0.3 is 11.1 Å². The van der Waals surface area contributed by atoms with Crippen LogP contribution < -0.4 is 11.1 Å². The van der Waals surface area contributed by atoms with Gasteiger partial charge in [-0.3, -0.25) is 4.79 Å². The third-order valence-corrected chi connectivity index (χ3v) is 4.30. The Kier molecular flexibility index (Phi) is 4.81. The summed E-state index contributed by atoms with van der Waals surface area (Å²) in [6.45, 7) is 5.23.